The Bertz CT molecular complexity index is 447. The number of aryl methyl sites for hydroxylation is 1. The summed E-state index contributed by atoms with van der Waals surface area (Å²) in [6.45, 7) is 4.64. The number of carboxylic acid groups (broad SMARTS) is 1. The fourth-order valence-corrected chi connectivity index (χ4v) is 2.68. The van der Waals surface area contributed by atoms with E-state index in [4.69, 9.17) is 10.8 Å². The van der Waals surface area contributed by atoms with E-state index >= 15 is 0 Å². The number of rotatable bonds is 4. The number of nitrogens with zero attached hydrogens (tertiary/aromatic N) is 3. The quantitative estimate of drug-likeness (QED) is 0.837. The lowest BCUT2D eigenvalue weighted by Crippen LogP contribution is -2.39. The van der Waals surface area contributed by atoms with Gasteiger partial charge in [0.05, 0.1) is 11.9 Å². The molecule has 0 amide bonds. The summed E-state index contributed by atoms with van der Waals surface area (Å²) < 4.78 is 1.65. The first kappa shape index (κ1) is 14.0. The Morgan fingerprint density at radius 2 is 2.21 bits per heavy atom. The van der Waals surface area contributed by atoms with Crippen molar-refractivity contribution in [3.8, 4) is 0 Å². The van der Waals surface area contributed by atoms with E-state index in [-0.39, 0.29) is 6.04 Å². The van der Waals surface area contributed by atoms with Gasteiger partial charge < -0.3 is 10.8 Å². The van der Waals surface area contributed by atoms with Crippen molar-refractivity contribution in [2.45, 2.75) is 32.4 Å². The van der Waals surface area contributed by atoms with Crippen LogP contribution in [-0.4, -0.2) is 44.9 Å². The van der Waals surface area contributed by atoms with Crippen LogP contribution in [0.25, 0.3) is 0 Å². The van der Waals surface area contributed by atoms with Crippen LogP contribution in [0.15, 0.2) is 6.20 Å². The maximum absolute atomic E-state index is 11.1. The molecule has 0 saturated carbocycles. The van der Waals surface area contributed by atoms with Crippen LogP contribution in [0.4, 0.5) is 0 Å². The Kier molecular flexibility index (Phi) is 4.21. The smallest absolute Gasteiger partial charge is 0.339 e. The molecule has 1 fully saturated rings. The van der Waals surface area contributed by atoms with Crippen molar-refractivity contribution in [1.29, 1.82) is 0 Å². The summed E-state index contributed by atoms with van der Waals surface area (Å²) in [4.78, 5) is 13.4. The maximum atomic E-state index is 11.1. The zero-order valence-electron chi connectivity index (χ0n) is 11.5. The summed E-state index contributed by atoms with van der Waals surface area (Å²) in [5.41, 5.74) is 7.00. The predicted octanol–water partition coefficient (Wildman–Crippen LogP) is 0.678. The molecule has 3 N–H and O–H groups in total. The van der Waals surface area contributed by atoms with Gasteiger partial charge in [-0.3, -0.25) is 9.58 Å². The summed E-state index contributed by atoms with van der Waals surface area (Å²) in [6.07, 6.45) is 3.59. The van der Waals surface area contributed by atoms with Gasteiger partial charge in [-0.25, -0.2) is 4.79 Å². The SMILES string of the molecule is CC(N)C1CCN(Cc2c(C(=O)O)cnn2C)CC1. The van der Waals surface area contributed by atoms with Crippen molar-refractivity contribution >= 4 is 5.97 Å². The van der Waals surface area contributed by atoms with Gasteiger partial charge in [0.15, 0.2) is 0 Å². The van der Waals surface area contributed by atoms with Crippen molar-refractivity contribution in [3.63, 3.8) is 0 Å². The van der Waals surface area contributed by atoms with Crippen LogP contribution in [0.5, 0.6) is 0 Å². The molecule has 2 rings (SSSR count). The number of hydrogen-bond acceptors (Lipinski definition) is 4. The molecule has 6 nitrogen and oxygen atoms in total. The molecule has 1 unspecified atom stereocenters. The fourth-order valence-electron chi connectivity index (χ4n) is 2.68. The van der Waals surface area contributed by atoms with E-state index in [0.29, 0.717) is 18.0 Å². The summed E-state index contributed by atoms with van der Waals surface area (Å²) in [5, 5.41) is 13.2. The van der Waals surface area contributed by atoms with Crippen molar-refractivity contribution < 1.29 is 9.90 Å². The first-order valence-corrected chi connectivity index (χ1v) is 6.71. The second kappa shape index (κ2) is 5.71. The van der Waals surface area contributed by atoms with Gasteiger partial charge in [-0.05, 0) is 38.8 Å². The van der Waals surface area contributed by atoms with E-state index in [1.165, 1.54) is 6.20 Å². The Labute approximate surface area is 113 Å². The molecule has 1 saturated heterocycles. The van der Waals surface area contributed by atoms with Gasteiger partial charge in [0.2, 0.25) is 0 Å². The van der Waals surface area contributed by atoms with E-state index in [1.807, 2.05) is 0 Å². The van der Waals surface area contributed by atoms with Gasteiger partial charge in [0, 0.05) is 19.6 Å². The van der Waals surface area contributed by atoms with Gasteiger partial charge >= 0.3 is 5.97 Å². The lowest BCUT2D eigenvalue weighted by molar-refractivity contribution is 0.0693. The molecule has 0 radical (unpaired) electrons. The van der Waals surface area contributed by atoms with Crippen LogP contribution in [0, 0.1) is 5.92 Å². The molecule has 0 aliphatic carbocycles. The van der Waals surface area contributed by atoms with Gasteiger partial charge in [-0.1, -0.05) is 0 Å². The van der Waals surface area contributed by atoms with E-state index in [0.717, 1.165) is 31.6 Å². The maximum Gasteiger partial charge on any atom is 0.339 e. The predicted molar refractivity (Wildman–Crippen MR) is 71.8 cm³/mol. The minimum atomic E-state index is -0.909. The Balaban J connectivity index is 1.99. The summed E-state index contributed by atoms with van der Waals surface area (Å²) >= 11 is 0. The van der Waals surface area contributed by atoms with Crippen LogP contribution >= 0.6 is 0 Å². The second-order valence-electron chi connectivity index (χ2n) is 5.41. The number of hydrogen-bond donors (Lipinski definition) is 2. The normalized spacial score (nSPS) is 19.5. The highest BCUT2D eigenvalue weighted by Gasteiger charge is 2.24. The molecule has 1 aromatic rings. The minimum absolute atomic E-state index is 0.244. The summed E-state index contributed by atoms with van der Waals surface area (Å²) in [5.74, 6) is -0.324. The average Bonchev–Trinajstić information content (AvgIpc) is 2.72. The van der Waals surface area contributed by atoms with Crippen LogP contribution in [-0.2, 0) is 13.6 Å². The van der Waals surface area contributed by atoms with Crippen molar-refractivity contribution in [1.82, 2.24) is 14.7 Å². The molecule has 1 atom stereocenters. The van der Waals surface area contributed by atoms with E-state index < -0.39 is 5.97 Å². The molecular weight excluding hydrogens is 244 g/mol. The zero-order valence-corrected chi connectivity index (χ0v) is 11.5. The molecule has 19 heavy (non-hydrogen) atoms. The molecule has 106 valence electrons. The van der Waals surface area contributed by atoms with E-state index in [9.17, 15) is 4.79 Å². The third-order valence-electron chi connectivity index (χ3n) is 4.04. The Morgan fingerprint density at radius 1 is 1.58 bits per heavy atom. The van der Waals surface area contributed by atoms with Crippen molar-refractivity contribution in [2.75, 3.05) is 13.1 Å². The molecule has 2 heterocycles. The monoisotopic (exact) mass is 266 g/mol. The first-order chi connectivity index (χ1) is 8.99. The van der Waals surface area contributed by atoms with Gasteiger partial charge in [-0.2, -0.15) is 5.10 Å². The molecule has 0 aromatic carbocycles. The summed E-state index contributed by atoms with van der Waals surface area (Å²) in [6, 6.07) is 0.244. The topological polar surface area (TPSA) is 84.4 Å². The Hall–Kier alpha value is -1.40. The van der Waals surface area contributed by atoms with E-state index in [1.54, 1.807) is 11.7 Å². The third-order valence-corrected chi connectivity index (χ3v) is 4.04. The molecule has 1 aliphatic rings. The first-order valence-electron chi connectivity index (χ1n) is 6.71. The third kappa shape index (κ3) is 3.13. The number of nitrogens with two attached hydrogens (primary N) is 1. The molecular formula is C13H22N4O2. The Morgan fingerprint density at radius 3 is 2.74 bits per heavy atom. The van der Waals surface area contributed by atoms with Crippen molar-refractivity contribution in [3.05, 3.63) is 17.5 Å². The van der Waals surface area contributed by atoms with Gasteiger partial charge in [0.25, 0.3) is 0 Å². The number of carboxylic acids is 1. The standard InChI is InChI=1S/C13H22N4O2/c1-9(14)10-3-5-17(6-4-10)8-12-11(13(18)19)7-15-16(12)2/h7,9-10H,3-6,8,14H2,1-2H3,(H,18,19). The number of piperidine rings is 1. The fraction of sp³-hybridized carbons (Fsp3) is 0.692. The number of aromatic nitrogens is 2. The minimum Gasteiger partial charge on any atom is -0.478 e. The molecule has 6 heteroatoms. The lowest BCUT2D eigenvalue weighted by atomic mass is 9.91. The van der Waals surface area contributed by atoms with Crippen LogP contribution in [0.3, 0.4) is 0 Å². The zero-order chi connectivity index (χ0) is 14.0. The highest BCUT2D eigenvalue weighted by molar-refractivity contribution is 5.88. The van der Waals surface area contributed by atoms with Crippen LogP contribution in [0.2, 0.25) is 0 Å². The average molecular weight is 266 g/mol. The lowest BCUT2D eigenvalue weighted by Gasteiger charge is -2.33. The molecule has 0 spiro atoms. The van der Waals surface area contributed by atoms with Gasteiger partial charge in [0.1, 0.15) is 5.56 Å². The highest BCUT2D eigenvalue weighted by atomic mass is 16.4. The number of likely N-dealkylation sites (tertiary alicyclic amines) is 1. The second-order valence-corrected chi connectivity index (χ2v) is 5.41. The molecule has 1 aliphatic heterocycles. The molecule has 0 bridgehead atoms. The van der Waals surface area contributed by atoms with Crippen LogP contribution < -0.4 is 5.73 Å². The molecule has 1 aromatic heterocycles. The largest absolute Gasteiger partial charge is 0.478 e. The van der Waals surface area contributed by atoms with Gasteiger partial charge in [-0.15, -0.1) is 0 Å². The summed E-state index contributed by atoms with van der Waals surface area (Å²) in [7, 11) is 1.79. The number of carbonyl (C=O) groups is 1. The number of aromatic carboxylic acids is 1. The van der Waals surface area contributed by atoms with E-state index in [2.05, 4.69) is 16.9 Å². The van der Waals surface area contributed by atoms with Crippen molar-refractivity contribution in [2.24, 2.45) is 18.7 Å². The highest BCUT2D eigenvalue weighted by Crippen LogP contribution is 2.21. The van der Waals surface area contributed by atoms with Crippen LogP contribution in [0.1, 0.15) is 35.8 Å².